The molecule has 1 nitrogen and oxygen atoms in total. The average Bonchev–Trinajstić information content (AvgIpc) is 2.68. The van der Waals surface area contributed by atoms with Crippen molar-refractivity contribution in [1.29, 1.82) is 0 Å². The van der Waals surface area contributed by atoms with E-state index in [1.807, 2.05) is 0 Å². The fourth-order valence-corrected chi connectivity index (χ4v) is 3.68. The van der Waals surface area contributed by atoms with Crippen LogP contribution in [0.2, 0.25) is 0 Å². The van der Waals surface area contributed by atoms with E-state index in [0.717, 1.165) is 13.2 Å². The number of ether oxygens (including phenoxy) is 1. The van der Waals surface area contributed by atoms with Crippen molar-refractivity contribution in [2.24, 2.45) is 0 Å². The van der Waals surface area contributed by atoms with E-state index < -0.39 is 0 Å². The minimum Gasteiger partial charge on any atom is -0.381 e. The van der Waals surface area contributed by atoms with Gasteiger partial charge in [-0.05, 0) is 38.5 Å². The van der Waals surface area contributed by atoms with Gasteiger partial charge in [-0.15, -0.1) is 0 Å². The number of hydrogen-bond donors (Lipinski definition) is 0. The Labute approximate surface area is 164 Å². The molecule has 26 heavy (non-hydrogen) atoms. The molecule has 0 aromatic rings. The molecule has 0 aromatic carbocycles. The van der Waals surface area contributed by atoms with Gasteiger partial charge in [0.2, 0.25) is 0 Å². The highest BCUT2D eigenvalue weighted by atomic mass is 16.5. The Hall–Kier alpha value is -0.560. The summed E-state index contributed by atoms with van der Waals surface area (Å²) in [6.07, 6.45) is 31.8. The lowest BCUT2D eigenvalue weighted by Gasteiger charge is -2.07. The zero-order valence-corrected chi connectivity index (χ0v) is 17.8. The van der Waals surface area contributed by atoms with Gasteiger partial charge in [-0.3, -0.25) is 0 Å². The van der Waals surface area contributed by atoms with Crippen LogP contribution in [0.4, 0.5) is 0 Å². The summed E-state index contributed by atoms with van der Waals surface area (Å²) in [6.45, 7) is 4.17. The second-order valence-corrected chi connectivity index (χ2v) is 8.07. The average molecular weight is 363 g/mol. The van der Waals surface area contributed by atoms with Crippen molar-refractivity contribution < 1.29 is 4.74 Å². The van der Waals surface area contributed by atoms with Gasteiger partial charge in [0.05, 0.1) is 0 Å². The summed E-state index contributed by atoms with van der Waals surface area (Å²) in [4.78, 5) is 0. The van der Waals surface area contributed by atoms with Gasteiger partial charge in [0, 0.05) is 13.2 Å². The van der Waals surface area contributed by atoms with Crippen molar-refractivity contribution in [3.63, 3.8) is 0 Å². The summed E-state index contributed by atoms with van der Waals surface area (Å²) in [5.41, 5.74) is 1.58. The van der Waals surface area contributed by atoms with E-state index in [-0.39, 0.29) is 0 Å². The van der Waals surface area contributed by atoms with Crippen LogP contribution in [-0.2, 0) is 4.74 Å². The van der Waals surface area contributed by atoms with Crippen LogP contribution in [0.25, 0.3) is 0 Å². The minimum absolute atomic E-state index is 0.964. The van der Waals surface area contributed by atoms with Gasteiger partial charge >= 0.3 is 0 Å². The third-order valence-electron chi connectivity index (χ3n) is 5.47. The molecule has 0 atom stereocenters. The Bertz CT molecular complexity index is 342. The predicted molar refractivity (Wildman–Crippen MR) is 117 cm³/mol. The zero-order chi connectivity index (χ0) is 18.5. The molecule has 1 rings (SSSR count). The van der Waals surface area contributed by atoms with E-state index >= 15 is 0 Å². The molecule has 0 spiro atoms. The van der Waals surface area contributed by atoms with Crippen molar-refractivity contribution in [2.75, 3.05) is 13.2 Å². The van der Waals surface area contributed by atoms with Crippen molar-refractivity contribution in [1.82, 2.24) is 0 Å². The first-order chi connectivity index (χ1) is 12.9. The van der Waals surface area contributed by atoms with Gasteiger partial charge in [-0.2, -0.15) is 0 Å². The first kappa shape index (κ1) is 23.5. The van der Waals surface area contributed by atoms with Crippen LogP contribution in [0.15, 0.2) is 23.8 Å². The van der Waals surface area contributed by atoms with Gasteiger partial charge in [-0.25, -0.2) is 0 Å². The minimum atomic E-state index is 0.964. The summed E-state index contributed by atoms with van der Waals surface area (Å²) in [6, 6.07) is 0. The predicted octanol–water partition coefficient (Wildman–Crippen LogP) is 8.54. The molecule has 1 aliphatic rings. The molecule has 0 unspecified atom stereocenters. The number of allylic oxidation sites excluding steroid dienone is 4. The highest BCUT2D eigenvalue weighted by Crippen LogP contribution is 2.18. The standard InChI is InChI=1S/C25H46O/c1-2-3-23-26-24-19-14-12-10-8-6-4-5-7-9-11-13-16-20-25-21-17-15-18-22-25/h17,21-22H,2-16,18-20,23-24H2,1H3. The second kappa shape index (κ2) is 19.2. The molecule has 0 fully saturated rings. The molecular weight excluding hydrogens is 316 g/mol. The maximum absolute atomic E-state index is 5.61. The smallest absolute Gasteiger partial charge is 0.0466 e. The van der Waals surface area contributed by atoms with Crippen LogP contribution in [0.5, 0.6) is 0 Å². The van der Waals surface area contributed by atoms with Gasteiger partial charge in [0.25, 0.3) is 0 Å². The fourth-order valence-electron chi connectivity index (χ4n) is 3.68. The Morgan fingerprint density at radius 1 is 0.654 bits per heavy atom. The molecule has 1 aliphatic carbocycles. The molecule has 0 amide bonds. The quantitative estimate of drug-likeness (QED) is 0.209. The lowest BCUT2D eigenvalue weighted by atomic mass is 10.00. The van der Waals surface area contributed by atoms with E-state index in [2.05, 4.69) is 25.2 Å². The molecule has 0 aromatic heterocycles. The molecule has 0 radical (unpaired) electrons. The zero-order valence-electron chi connectivity index (χ0n) is 17.8. The number of unbranched alkanes of at least 4 members (excludes halogenated alkanes) is 13. The number of rotatable bonds is 19. The third kappa shape index (κ3) is 15.7. The van der Waals surface area contributed by atoms with Crippen molar-refractivity contribution >= 4 is 0 Å². The molecular formula is C25H46O. The van der Waals surface area contributed by atoms with Crippen molar-refractivity contribution in [3.8, 4) is 0 Å². The summed E-state index contributed by atoms with van der Waals surface area (Å²) >= 11 is 0. The van der Waals surface area contributed by atoms with Gasteiger partial charge in [0.1, 0.15) is 0 Å². The Balaban J connectivity index is 1.67. The summed E-state index contributed by atoms with van der Waals surface area (Å²) in [5.74, 6) is 0. The summed E-state index contributed by atoms with van der Waals surface area (Å²) in [7, 11) is 0. The van der Waals surface area contributed by atoms with E-state index in [0.29, 0.717) is 0 Å². The van der Waals surface area contributed by atoms with Crippen molar-refractivity contribution in [2.45, 2.75) is 122 Å². The maximum Gasteiger partial charge on any atom is 0.0466 e. The first-order valence-corrected chi connectivity index (χ1v) is 11.9. The lowest BCUT2D eigenvalue weighted by Crippen LogP contribution is -1.96. The molecule has 0 N–H and O–H groups in total. The highest BCUT2D eigenvalue weighted by molar-refractivity contribution is 5.21. The fraction of sp³-hybridized carbons (Fsp3) is 0.840. The monoisotopic (exact) mass is 362 g/mol. The van der Waals surface area contributed by atoms with E-state index in [1.165, 1.54) is 116 Å². The SMILES string of the molecule is CCCCOCCCCCCCCCCCCCCCC1=CCCC=C1. The normalized spacial score (nSPS) is 14.0. The summed E-state index contributed by atoms with van der Waals surface area (Å²) in [5, 5.41) is 0. The van der Waals surface area contributed by atoms with Gasteiger partial charge in [-0.1, -0.05) is 108 Å². The van der Waals surface area contributed by atoms with Crippen LogP contribution in [0.1, 0.15) is 122 Å². The molecule has 152 valence electrons. The van der Waals surface area contributed by atoms with E-state index in [4.69, 9.17) is 4.74 Å². The Morgan fingerprint density at radius 2 is 1.19 bits per heavy atom. The third-order valence-corrected chi connectivity index (χ3v) is 5.47. The van der Waals surface area contributed by atoms with Crippen LogP contribution >= 0.6 is 0 Å². The van der Waals surface area contributed by atoms with Crippen LogP contribution in [0, 0.1) is 0 Å². The molecule has 0 heterocycles. The maximum atomic E-state index is 5.61. The van der Waals surface area contributed by atoms with Gasteiger partial charge in [0.15, 0.2) is 0 Å². The second-order valence-electron chi connectivity index (χ2n) is 8.07. The molecule has 0 bridgehead atoms. The van der Waals surface area contributed by atoms with Crippen LogP contribution < -0.4 is 0 Å². The molecule has 0 saturated carbocycles. The summed E-state index contributed by atoms with van der Waals surface area (Å²) < 4.78 is 5.61. The van der Waals surface area contributed by atoms with E-state index in [9.17, 15) is 0 Å². The van der Waals surface area contributed by atoms with E-state index in [1.54, 1.807) is 5.57 Å². The van der Waals surface area contributed by atoms with Crippen LogP contribution in [0.3, 0.4) is 0 Å². The Morgan fingerprint density at radius 3 is 1.73 bits per heavy atom. The topological polar surface area (TPSA) is 9.23 Å². The van der Waals surface area contributed by atoms with Crippen LogP contribution in [-0.4, -0.2) is 13.2 Å². The highest BCUT2D eigenvalue weighted by Gasteiger charge is 1.98. The molecule has 0 aliphatic heterocycles. The largest absolute Gasteiger partial charge is 0.381 e. The molecule has 0 saturated heterocycles. The van der Waals surface area contributed by atoms with Gasteiger partial charge < -0.3 is 4.74 Å². The number of hydrogen-bond acceptors (Lipinski definition) is 1. The lowest BCUT2D eigenvalue weighted by molar-refractivity contribution is 0.127. The molecule has 1 heteroatoms. The Kier molecular flexibility index (Phi) is 17.3. The first-order valence-electron chi connectivity index (χ1n) is 11.9. The van der Waals surface area contributed by atoms with Crippen molar-refractivity contribution in [3.05, 3.63) is 23.8 Å².